The molecule has 114 valence electrons. The summed E-state index contributed by atoms with van der Waals surface area (Å²) in [5, 5.41) is 3.82. The number of hydrogen-bond donors (Lipinski definition) is 1. The minimum atomic E-state index is 0.493. The highest BCUT2D eigenvalue weighted by atomic mass is 14.9. The van der Waals surface area contributed by atoms with Gasteiger partial charge in [0, 0.05) is 6.04 Å². The predicted molar refractivity (Wildman–Crippen MR) is 86.5 cm³/mol. The first-order valence-electron chi connectivity index (χ1n) is 8.69. The molecule has 0 spiro atoms. The summed E-state index contributed by atoms with van der Waals surface area (Å²) in [6.07, 6.45) is 11.2. The zero-order valence-corrected chi connectivity index (χ0v) is 14.1. The van der Waals surface area contributed by atoms with Crippen LogP contribution in [-0.2, 0) is 0 Å². The highest BCUT2D eigenvalue weighted by Crippen LogP contribution is 2.36. The summed E-state index contributed by atoms with van der Waals surface area (Å²) in [5.41, 5.74) is 0.493. The van der Waals surface area contributed by atoms with Gasteiger partial charge in [-0.25, -0.2) is 0 Å². The second-order valence-electron chi connectivity index (χ2n) is 7.89. The van der Waals surface area contributed by atoms with Gasteiger partial charge in [0.15, 0.2) is 0 Å². The van der Waals surface area contributed by atoms with E-state index in [0.29, 0.717) is 5.41 Å². The first kappa shape index (κ1) is 17.0. The van der Waals surface area contributed by atoms with Crippen molar-refractivity contribution in [2.45, 2.75) is 92.0 Å². The molecule has 0 saturated heterocycles. The number of hydrogen-bond acceptors (Lipinski definition) is 1. The lowest BCUT2D eigenvalue weighted by Gasteiger charge is -2.38. The number of rotatable bonds is 7. The van der Waals surface area contributed by atoms with Gasteiger partial charge in [0.05, 0.1) is 0 Å². The Bertz CT molecular complexity index is 228. The van der Waals surface area contributed by atoms with Crippen LogP contribution in [0.2, 0.25) is 0 Å². The highest BCUT2D eigenvalue weighted by molar-refractivity contribution is 4.85. The molecule has 0 aliphatic heterocycles. The van der Waals surface area contributed by atoms with Crippen LogP contribution in [0.4, 0.5) is 0 Å². The molecule has 0 aromatic heterocycles. The lowest BCUT2D eigenvalue weighted by Crippen LogP contribution is -2.41. The van der Waals surface area contributed by atoms with Gasteiger partial charge < -0.3 is 5.32 Å². The Morgan fingerprint density at radius 1 is 1.00 bits per heavy atom. The van der Waals surface area contributed by atoms with Gasteiger partial charge in [-0.3, -0.25) is 0 Å². The van der Waals surface area contributed by atoms with Crippen molar-refractivity contribution < 1.29 is 0 Å². The molecule has 1 aliphatic rings. The molecule has 1 aliphatic carbocycles. The molecule has 0 heterocycles. The topological polar surface area (TPSA) is 12.0 Å². The molecule has 0 aromatic carbocycles. The predicted octanol–water partition coefficient (Wildman–Crippen LogP) is 5.40. The van der Waals surface area contributed by atoms with Gasteiger partial charge in [-0.2, -0.15) is 0 Å². The average molecular weight is 268 g/mol. The maximum absolute atomic E-state index is 3.82. The van der Waals surface area contributed by atoms with E-state index < -0.39 is 0 Å². The van der Waals surface area contributed by atoms with Crippen molar-refractivity contribution in [3.8, 4) is 0 Å². The summed E-state index contributed by atoms with van der Waals surface area (Å²) in [5.74, 6) is 1.94. The quantitative estimate of drug-likeness (QED) is 0.651. The summed E-state index contributed by atoms with van der Waals surface area (Å²) >= 11 is 0. The van der Waals surface area contributed by atoms with E-state index in [4.69, 9.17) is 0 Å². The van der Waals surface area contributed by atoms with Gasteiger partial charge in [0.1, 0.15) is 0 Å². The van der Waals surface area contributed by atoms with Gasteiger partial charge >= 0.3 is 0 Å². The molecule has 1 nitrogen and oxygen atoms in total. The van der Waals surface area contributed by atoms with E-state index >= 15 is 0 Å². The van der Waals surface area contributed by atoms with Crippen LogP contribution in [0.5, 0.6) is 0 Å². The van der Waals surface area contributed by atoms with Gasteiger partial charge in [-0.05, 0) is 62.3 Å². The van der Waals surface area contributed by atoms with E-state index in [1.54, 1.807) is 0 Å². The van der Waals surface area contributed by atoms with Crippen molar-refractivity contribution >= 4 is 0 Å². The molecule has 3 unspecified atom stereocenters. The molecule has 1 N–H and O–H groups in total. The molecular formula is C18H37N. The standard InChI is InChI=1S/C18H37N/c1-6-8-15-9-10-17(19-13-7-2)16(14-15)11-12-18(3,4)5/h15-17,19H,6-14H2,1-5H3. The second-order valence-corrected chi connectivity index (χ2v) is 7.89. The maximum Gasteiger partial charge on any atom is 0.00955 e. The van der Waals surface area contributed by atoms with Crippen LogP contribution in [0.1, 0.15) is 86.0 Å². The van der Waals surface area contributed by atoms with E-state index in [1.807, 2.05) is 0 Å². The fraction of sp³-hybridized carbons (Fsp3) is 1.00. The van der Waals surface area contributed by atoms with Crippen molar-refractivity contribution in [2.75, 3.05) is 6.54 Å². The number of nitrogens with one attached hydrogen (secondary N) is 1. The zero-order chi connectivity index (χ0) is 14.3. The highest BCUT2D eigenvalue weighted by Gasteiger charge is 2.30. The van der Waals surface area contributed by atoms with Crippen LogP contribution < -0.4 is 5.32 Å². The Hall–Kier alpha value is -0.0400. The molecule has 0 radical (unpaired) electrons. The van der Waals surface area contributed by atoms with Crippen molar-refractivity contribution in [1.29, 1.82) is 0 Å². The summed E-state index contributed by atoms with van der Waals surface area (Å²) in [6.45, 7) is 13.0. The second kappa shape index (κ2) is 8.29. The molecule has 0 amide bonds. The molecule has 0 bridgehead atoms. The largest absolute Gasteiger partial charge is 0.314 e. The normalized spacial score (nSPS) is 28.6. The summed E-state index contributed by atoms with van der Waals surface area (Å²) < 4.78 is 0. The minimum absolute atomic E-state index is 0.493. The first-order chi connectivity index (χ1) is 8.96. The van der Waals surface area contributed by atoms with Gasteiger partial charge in [-0.1, -0.05) is 47.5 Å². The van der Waals surface area contributed by atoms with Crippen molar-refractivity contribution in [3.05, 3.63) is 0 Å². The summed E-state index contributed by atoms with van der Waals surface area (Å²) in [4.78, 5) is 0. The maximum atomic E-state index is 3.82. The Kier molecular flexibility index (Phi) is 7.42. The smallest absolute Gasteiger partial charge is 0.00955 e. The molecule has 1 rings (SSSR count). The van der Waals surface area contributed by atoms with Gasteiger partial charge in [0.2, 0.25) is 0 Å². The third kappa shape index (κ3) is 6.79. The molecular weight excluding hydrogens is 230 g/mol. The SMILES string of the molecule is CCCNC1CCC(CCC)CC1CCC(C)(C)C. The van der Waals surface area contributed by atoms with E-state index in [0.717, 1.165) is 17.9 Å². The fourth-order valence-electron chi connectivity index (χ4n) is 3.57. The molecule has 19 heavy (non-hydrogen) atoms. The Morgan fingerprint density at radius 3 is 2.32 bits per heavy atom. The zero-order valence-electron chi connectivity index (χ0n) is 14.1. The molecule has 1 fully saturated rings. The molecule has 3 atom stereocenters. The Morgan fingerprint density at radius 2 is 1.74 bits per heavy atom. The van der Waals surface area contributed by atoms with Crippen molar-refractivity contribution in [2.24, 2.45) is 17.3 Å². The van der Waals surface area contributed by atoms with Gasteiger partial charge in [0.25, 0.3) is 0 Å². The monoisotopic (exact) mass is 267 g/mol. The van der Waals surface area contributed by atoms with Gasteiger partial charge in [-0.15, -0.1) is 0 Å². The molecule has 1 saturated carbocycles. The van der Waals surface area contributed by atoms with E-state index in [-0.39, 0.29) is 0 Å². The minimum Gasteiger partial charge on any atom is -0.314 e. The van der Waals surface area contributed by atoms with E-state index in [9.17, 15) is 0 Å². The van der Waals surface area contributed by atoms with E-state index in [2.05, 4.69) is 39.9 Å². The van der Waals surface area contributed by atoms with E-state index in [1.165, 1.54) is 57.9 Å². The Labute approximate surface area is 121 Å². The summed E-state index contributed by atoms with van der Waals surface area (Å²) in [6, 6.07) is 0.801. The first-order valence-corrected chi connectivity index (χ1v) is 8.69. The third-order valence-electron chi connectivity index (χ3n) is 4.71. The van der Waals surface area contributed by atoms with Crippen LogP contribution in [0, 0.1) is 17.3 Å². The van der Waals surface area contributed by atoms with Crippen LogP contribution in [0.15, 0.2) is 0 Å². The van der Waals surface area contributed by atoms with Crippen LogP contribution >= 0.6 is 0 Å². The fourth-order valence-corrected chi connectivity index (χ4v) is 3.57. The van der Waals surface area contributed by atoms with Crippen LogP contribution in [0.25, 0.3) is 0 Å². The van der Waals surface area contributed by atoms with Crippen LogP contribution in [0.3, 0.4) is 0 Å². The third-order valence-corrected chi connectivity index (χ3v) is 4.71. The van der Waals surface area contributed by atoms with Crippen molar-refractivity contribution in [3.63, 3.8) is 0 Å². The lowest BCUT2D eigenvalue weighted by molar-refractivity contribution is 0.168. The summed E-state index contributed by atoms with van der Waals surface area (Å²) in [7, 11) is 0. The van der Waals surface area contributed by atoms with Crippen LogP contribution in [-0.4, -0.2) is 12.6 Å². The Balaban J connectivity index is 2.49. The molecule has 1 heteroatoms. The lowest BCUT2D eigenvalue weighted by atomic mass is 9.72. The van der Waals surface area contributed by atoms with Crippen molar-refractivity contribution in [1.82, 2.24) is 5.32 Å². The molecule has 0 aromatic rings. The average Bonchev–Trinajstić information content (AvgIpc) is 2.34.